The number of nitrogens with two attached hydrogens (primary N) is 1. The topological polar surface area (TPSA) is 82.2 Å². The molecule has 6 nitrogen and oxygen atoms in total. The van der Waals surface area contributed by atoms with Crippen LogP contribution in [-0.4, -0.2) is 29.4 Å². The van der Waals surface area contributed by atoms with E-state index in [2.05, 4.69) is 15.2 Å². The predicted molar refractivity (Wildman–Crippen MR) is 62.2 cm³/mol. The van der Waals surface area contributed by atoms with E-state index in [-0.39, 0.29) is 5.97 Å². The van der Waals surface area contributed by atoms with Crippen molar-refractivity contribution in [2.24, 2.45) is 0 Å². The standard InChI is InChI=1S/C10H18N4O2/c1-4-14-10(9(11)7(2)13-14)12-6-5-8(15)16-3/h12H,4-6,11H2,1-3H3. The van der Waals surface area contributed by atoms with Crippen molar-refractivity contribution in [2.75, 3.05) is 24.7 Å². The molecule has 0 radical (unpaired) electrons. The summed E-state index contributed by atoms with van der Waals surface area (Å²) >= 11 is 0. The van der Waals surface area contributed by atoms with Crippen LogP contribution in [0.25, 0.3) is 0 Å². The number of carbonyl (C=O) groups is 1. The summed E-state index contributed by atoms with van der Waals surface area (Å²) in [4.78, 5) is 10.9. The highest BCUT2D eigenvalue weighted by atomic mass is 16.5. The molecule has 0 aliphatic rings. The number of hydrogen-bond acceptors (Lipinski definition) is 5. The van der Waals surface area contributed by atoms with Crippen molar-refractivity contribution in [1.29, 1.82) is 0 Å². The van der Waals surface area contributed by atoms with Gasteiger partial charge in [0.2, 0.25) is 0 Å². The van der Waals surface area contributed by atoms with Crippen LogP contribution in [0.5, 0.6) is 0 Å². The lowest BCUT2D eigenvalue weighted by Crippen LogP contribution is -2.13. The number of methoxy groups -OCH3 is 1. The number of carbonyl (C=O) groups excluding carboxylic acids is 1. The first-order valence-electron chi connectivity index (χ1n) is 5.23. The number of ether oxygens (including phenoxy) is 1. The van der Waals surface area contributed by atoms with E-state index in [1.54, 1.807) is 4.68 Å². The average molecular weight is 226 g/mol. The summed E-state index contributed by atoms with van der Waals surface area (Å²) < 4.78 is 6.33. The highest BCUT2D eigenvalue weighted by Crippen LogP contribution is 2.21. The van der Waals surface area contributed by atoms with Crippen LogP contribution in [0, 0.1) is 6.92 Å². The molecule has 3 N–H and O–H groups in total. The third kappa shape index (κ3) is 2.65. The second-order valence-electron chi connectivity index (χ2n) is 3.42. The Labute approximate surface area is 94.8 Å². The molecule has 1 rings (SSSR count). The summed E-state index contributed by atoms with van der Waals surface area (Å²) in [5.74, 6) is 0.522. The SMILES string of the molecule is CCn1nc(C)c(N)c1NCCC(=O)OC. The third-order valence-electron chi connectivity index (χ3n) is 2.32. The largest absolute Gasteiger partial charge is 0.469 e. The predicted octanol–water partition coefficient (Wildman–Crippen LogP) is 0.769. The van der Waals surface area contributed by atoms with Gasteiger partial charge in [0.15, 0.2) is 0 Å². The molecule has 0 spiro atoms. The zero-order valence-electron chi connectivity index (χ0n) is 9.91. The normalized spacial score (nSPS) is 10.2. The molecule has 1 aromatic heterocycles. The molecule has 0 aliphatic carbocycles. The van der Waals surface area contributed by atoms with Gasteiger partial charge in [-0.15, -0.1) is 0 Å². The number of aryl methyl sites for hydroxylation is 2. The Morgan fingerprint density at radius 2 is 2.31 bits per heavy atom. The average Bonchev–Trinajstić information content (AvgIpc) is 2.56. The van der Waals surface area contributed by atoms with Gasteiger partial charge in [-0.3, -0.25) is 4.79 Å². The van der Waals surface area contributed by atoms with E-state index in [0.717, 1.165) is 18.1 Å². The van der Waals surface area contributed by atoms with Gasteiger partial charge in [0.1, 0.15) is 5.82 Å². The van der Waals surface area contributed by atoms with E-state index in [0.29, 0.717) is 18.7 Å². The lowest BCUT2D eigenvalue weighted by molar-refractivity contribution is -0.140. The van der Waals surface area contributed by atoms with Gasteiger partial charge in [0.25, 0.3) is 0 Å². The quantitative estimate of drug-likeness (QED) is 0.725. The molecule has 90 valence electrons. The Kier molecular flexibility index (Phi) is 4.16. The van der Waals surface area contributed by atoms with Crippen molar-refractivity contribution in [2.45, 2.75) is 26.8 Å². The number of esters is 1. The fourth-order valence-electron chi connectivity index (χ4n) is 1.40. The van der Waals surface area contributed by atoms with Gasteiger partial charge < -0.3 is 15.8 Å². The van der Waals surface area contributed by atoms with Gasteiger partial charge in [-0.1, -0.05) is 0 Å². The molecule has 0 unspecified atom stereocenters. The Bertz CT molecular complexity index is 373. The van der Waals surface area contributed by atoms with Gasteiger partial charge in [0, 0.05) is 13.1 Å². The Balaban J connectivity index is 2.62. The van der Waals surface area contributed by atoms with Crippen molar-refractivity contribution in [3.63, 3.8) is 0 Å². The zero-order chi connectivity index (χ0) is 12.1. The fourth-order valence-corrected chi connectivity index (χ4v) is 1.40. The smallest absolute Gasteiger partial charge is 0.307 e. The first-order valence-corrected chi connectivity index (χ1v) is 5.23. The minimum Gasteiger partial charge on any atom is -0.469 e. The lowest BCUT2D eigenvalue weighted by atomic mass is 10.3. The minimum atomic E-state index is -0.245. The highest BCUT2D eigenvalue weighted by molar-refractivity contribution is 5.70. The number of nitrogen functional groups attached to an aromatic ring is 1. The van der Waals surface area contributed by atoms with Gasteiger partial charge in [-0.25, -0.2) is 4.68 Å². The summed E-state index contributed by atoms with van der Waals surface area (Å²) in [6.07, 6.45) is 0.309. The highest BCUT2D eigenvalue weighted by Gasteiger charge is 2.11. The molecule has 1 aromatic rings. The molecule has 0 amide bonds. The molecule has 0 saturated carbocycles. The minimum absolute atomic E-state index is 0.245. The van der Waals surface area contributed by atoms with Gasteiger partial charge in [-0.2, -0.15) is 5.10 Å². The number of nitrogens with one attached hydrogen (secondary N) is 1. The second kappa shape index (κ2) is 5.39. The van der Waals surface area contributed by atoms with Gasteiger partial charge >= 0.3 is 5.97 Å². The summed E-state index contributed by atoms with van der Waals surface area (Å²) in [5, 5.41) is 7.35. The molecule has 0 atom stereocenters. The number of aromatic nitrogens is 2. The van der Waals surface area contributed by atoms with Crippen molar-refractivity contribution >= 4 is 17.5 Å². The maximum absolute atomic E-state index is 10.9. The maximum atomic E-state index is 10.9. The molecule has 16 heavy (non-hydrogen) atoms. The Morgan fingerprint density at radius 1 is 1.62 bits per heavy atom. The van der Waals surface area contributed by atoms with Crippen LogP contribution in [-0.2, 0) is 16.1 Å². The first-order chi connectivity index (χ1) is 7.60. The molecule has 1 heterocycles. The Morgan fingerprint density at radius 3 is 2.88 bits per heavy atom. The van der Waals surface area contributed by atoms with Gasteiger partial charge in [-0.05, 0) is 13.8 Å². The summed E-state index contributed by atoms with van der Waals surface area (Å²) in [5.41, 5.74) is 7.29. The molecule has 0 aliphatic heterocycles. The zero-order valence-corrected chi connectivity index (χ0v) is 9.91. The van der Waals surface area contributed by atoms with E-state index in [1.807, 2.05) is 13.8 Å². The Hall–Kier alpha value is -1.72. The summed E-state index contributed by atoms with van der Waals surface area (Å²) in [6, 6.07) is 0. The van der Waals surface area contributed by atoms with E-state index < -0.39 is 0 Å². The van der Waals surface area contributed by atoms with E-state index >= 15 is 0 Å². The molecule has 0 bridgehead atoms. The summed E-state index contributed by atoms with van der Waals surface area (Å²) in [7, 11) is 1.37. The van der Waals surface area contributed by atoms with E-state index in [9.17, 15) is 4.79 Å². The van der Waals surface area contributed by atoms with Crippen molar-refractivity contribution in [3.05, 3.63) is 5.69 Å². The van der Waals surface area contributed by atoms with E-state index in [1.165, 1.54) is 7.11 Å². The second-order valence-corrected chi connectivity index (χ2v) is 3.42. The van der Waals surface area contributed by atoms with Crippen LogP contribution >= 0.6 is 0 Å². The third-order valence-corrected chi connectivity index (χ3v) is 2.32. The monoisotopic (exact) mass is 226 g/mol. The first kappa shape index (κ1) is 12.4. The number of nitrogens with zero attached hydrogens (tertiary/aromatic N) is 2. The molecule has 0 saturated heterocycles. The van der Waals surface area contributed by atoms with Crippen LogP contribution in [0.2, 0.25) is 0 Å². The van der Waals surface area contributed by atoms with Crippen LogP contribution in [0.4, 0.5) is 11.5 Å². The van der Waals surface area contributed by atoms with Crippen molar-refractivity contribution < 1.29 is 9.53 Å². The number of rotatable bonds is 5. The molecular formula is C10H18N4O2. The van der Waals surface area contributed by atoms with Crippen LogP contribution in [0.3, 0.4) is 0 Å². The lowest BCUT2D eigenvalue weighted by Gasteiger charge is -2.08. The number of hydrogen-bond donors (Lipinski definition) is 2. The van der Waals surface area contributed by atoms with Crippen LogP contribution in [0.1, 0.15) is 19.0 Å². The van der Waals surface area contributed by atoms with Crippen molar-refractivity contribution in [1.82, 2.24) is 9.78 Å². The van der Waals surface area contributed by atoms with Crippen LogP contribution < -0.4 is 11.1 Å². The van der Waals surface area contributed by atoms with Gasteiger partial charge in [0.05, 0.1) is 24.9 Å². The van der Waals surface area contributed by atoms with Crippen LogP contribution in [0.15, 0.2) is 0 Å². The molecular weight excluding hydrogens is 208 g/mol. The molecule has 6 heteroatoms. The molecule has 0 fully saturated rings. The molecule has 0 aromatic carbocycles. The number of anilines is 2. The summed E-state index contributed by atoms with van der Waals surface area (Å²) in [6.45, 7) is 5.06. The fraction of sp³-hybridized carbons (Fsp3) is 0.600. The van der Waals surface area contributed by atoms with Crippen molar-refractivity contribution in [3.8, 4) is 0 Å². The van der Waals surface area contributed by atoms with E-state index in [4.69, 9.17) is 5.73 Å². The maximum Gasteiger partial charge on any atom is 0.307 e.